The molecule has 1 N–H and O–H groups in total. The average Bonchev–Trinajstić information content (AvgIpc) is 2.65. The number of nitrogens with one attached hydrogen (secondary N) is 1. The molecule has 1 aromatic heterocycles. The second kappa shape index (κ2) is 7.29. The van der Waals surface area contributed by atoms with Crippen molar-refractivity contribution in [3.63, 3.8) is 0 Å². The lowest BCUT2D eigenvalue weighted by molar-refractivity contribution is 0.389. The van der Waals surface area contributed by atoms with Crippen LogP contribution in [0.4, 0.5) is 0 Å². The first-order valence-corrected chi connectivity index (χ1v) is 7.75. The van der Waals surface area contributed by atoms with Gasteiger partial charge in [-0.2, -0.15) is 5.10 Å². The van der Waals surface area contributed by atoms with E-state index >= 15 is 0 Å². The zero-order valence-corrected chi connectivity index (χ0v) is 13.8. The molecule has 1 unspecified atom stereocenters. The fourth-order valence-electron chi connectivity index (χ4n) is 1.84. The van der Waals surface area contributed by atoms with Crippen molar-refractivity contribution in [2.24, 2.45) is 11.8 Å². The van der Waals surface area contributed by atoms with Gasteiger partial charge in [-0.3, -0.25) is 4.68 Å². The van der Waals surface area contributed by atoms with Gasteiger partial charge in [-0.25, -0.2) is 0 Å². The first kappa shape index (κ1) is 15.7. The van der Waals surface area contributed by atoms with E-state index in [2.05, 4.69) is 65.6 Å². The largest absolute Gasteiger partial charge is 0.311 e. The zero-order chi connectivity index (χ0) is 13.7. The molecule has 1 heterocycles. The number of hydrogen-bond acceptors (Lipinski definition) is 2. The summed E-state index contributed by atoms with van der Waals surface area (Å²) in [5.41, 5.74) is 2.43. The molecule has 1 aromatic rings. The van der Waals surface area contributed by atoms with Gasteiger partial charge >= 0.3 is 0 Å². The van der Waals surface area contributed by atoms with Crippen LogP contribution < -0.4 is 5.32 Å². The van der Waals surface area contributed by atoms with E-state index in [0.717, 1.165) is 37.7 Å². The van der Waals surface area contributed by atoms with Crippen molar-refractivity contribution in [3.05, 3.63) is 15.9 Å². The molecular weight excluding hydrogens is 290 g/mol. The Hall–Kier alpha value is -0.350. The van der Waals surface area contributed by atoms with Gasteiger partial charge in [0.2, 0.25) is 0 Å². The Kier molecular flexibility index (Phi) is 6.36. The Bertz CT molecular complexity index is 371. The van der Waals surface area contributed by atoms with Crippen molar-refractivity contribution in [2.75, 3.05) is 6.54 Å². The predicted octanol–water partition coefficient (Wildman–Crippen LogP) is 3.61. The predicted molar refractivity (Wildman–Crippen MR) is 80.7 cm³/mol. The third-order valence-corrected chi connectivity index (χ3v) is 4.51. The molecule has 0 fully saturated rings. The van der Waals surface area contributed by atoms with Crippen LogP contribution in [0.1, 0.15) is 46.0 Å². The lowest BCUT2D eigenvalue weighted by atomic mass is 9.98. The Labute approximate surface area is 119 Å². The van der Waals surface area contributed by atoms with Gasteiger partial charge in [0, 0.05) is 13.1 Å². The van der Waals surface area contributed by atoms with Crippen LogP contribution in [0.5, 0.6) is 0 Å². The van der Waals surface area contributed by atoms with Crippen LogP contribution in [0.15, 0.2) is 4.47 Å². The van der Waals surface area contributed by atoms with E-state index in [-0.39, 0.29) is 0 Å². The molecule has 0 saturated carbocycles. The van der Waals surface area contributed by atoms with Crippen LogP contribution in [-0.4, -0.2) is 16.3 Å². The number of nitrogens with zero attached hydrogens (tertiary/aromatic N) is 2. The summed E-state index contributed by atoms with van der Waals surface area (Å²) in [6, 6.07) is 0. The quantitative estimate of drug-likeness (QED) is 0.833. The monoisotopic (exact) mass is 315 g/mol. The summed E-state index contributed by atoms with van der Waals surface area (Å²) in [5, 5.41) is 8.15. The van der Waals surface area contributed by atoms with E-state index in [0.29, 0.717) is 5.92 Å². The highest BCUT2D eigenvalue weighted by molar-refractivity contribution is 9.10. The first-order valence-electron chi connectivity index (χ1n) is 6.95. The smallest absolute Gasteiger partial charge is 0.0767 e. The standard InChI is InChI=1S/C14H26BrN3/c1-6-12-14(15)13(18(7-2)17-12)9-16-8-11(5)10(3)4/h10-11,16H,6-9H2,1-5H3. The molecule has 104 valence electrons. The molecule has 0 spiro atoms. The van der Waals surface area contributed by atoms with Crippen LogP contribution in [0, 0.1) is 11.8 Å². The van der Waals surface area contributed by atoms with Crippen LogP contribution in [0.25, 0.3) is 0 Å². The summed E-state index contributed by atoms with van der Waals surface area (Å²) in [5.74, 6) is 1.43. The fraction of sp³-hybridized carbons (Fsp3) is 0.786. The van der Waals surface area contributed by atoms with Gasteiger partial charge < -0.3 is 5.32 Å². The highest BCUT2D eigenvalue weighted by atomic mass is 79.9. The number of hydrogen-bond donors (Lipinski definition) is 1. The topological polar surface area (TPSA) is 29.9 Å². The van der Waals surface area contributed by atoms with Crippen LogP contribution >= 0.6 is 15.9 Å². The van der Waals surface area contributed by atoms with Crippen molar-refractivity contribution in [3.8, 4) is 0 Å². The number of aromatic nitrogens is 2. The molecule has 4 heteroatoms. The van der Waals surface area contributed by atoms with Crippen molar-refractivity contribution in [1.29, 1.82) is 0 Å². The van der Waals surface area contributed by atoms with Crippen molar-refractivity contribution >= 4 is 15.9 Å². The summed E-state index contributed by atoms with van der Waals surface area (Å²) < 4.78 is 3.27. The van der Waals surface area contributed by atoms with E-state index in [1.165, 1.54) is 10.2 Å². The third kappa shape index (κ3) is 3.82. The lowest BCUT2D eigenvalue weighted by Gasteiger charge is -2.16. The highest BCUT2D eigenvalue weighted by Gasteiger charge is 2.14. The molecule has 0 aliphatic rings. The molecule has 1 atom stereocenters. The molecule has 0 radical (unpaired) electrons. The molecule has 0 amide bonds. The minimum atomic E-state index is 0.701. The fourth-order valence-corrected chi connectivity index (χ4v) is 2.54. The second-order valence-electron chi connectivity index (χ2n) is 5.23. The van der Waals surface area contributed by atoms with Crippen LogP contribution in [0.3, 0.4) is 0 Å². The van der Waals surface area contributed by atoms with Gasteiger partial charge in [0.25, 0.3) is 0 Å². The van der Waals surface area contributed by atoms with Gasteiger partial charge in [0.1, 0.15) is 0 Å². The summed E-state index contributed by atoms with van der Waals surface area (Å²) in [4.78, 5) is 0. The summed E-state index contributed by atoms with van der Waals surface area (Å²) in [6.07, 6.45) is 0.975. The molecule has 0 aliphatic heterocycles. The summed E-state index contributed by atoms with van der Waals surface area (Å²) in [7, 11) is 0. The Morgan fingerprint density at radius 1 is 1.28 bits per heavy atom. The molecule has 3 nitrogen and oxygen atoms in total. The van der Waals surface area contributed by atoms with Gasteiger partial charge in [-0.15, -0.1) is 0 Å². The molecule has 1 rings (SSSR count). The van der Waals surface area contributed by atoms with Crippen molar-refractivity contribution in [1.82, 2.24) is 15.1 Å². The van der Waals surface area contributed by atoms with Gasteiger partial charge in [0.05, 0.1) is 15.9 Å². The minimum absolute atomic E-state index is 0.701. The second-order valence-corrected chi connectivity index (χ2v) is 6.02. The van der Waals surface area contributed by atoms with E-state index < -0.39 is 0 Å². The summed E-state index contributed by atoms with van der Waals surface area (Å²) >= 11 is 3.68. The van der Waals surface area contributed by atoms with E-state index in [1.54, 1.807) is 0 Å². The zero-order valence-electron chi connectivity index (χ0n) is 12.3. The van der Waals surface area contributed by atoms with Gasteiger partial charge in [-0.1, -0.05) is 27.7 Å². The molecule has 0 bridgehead atoms. The molecule has 18 heavy (non-hydrogen) atoms. The first-order chi connectivity index (χ1) is 8.51. The summed E-state index contributed by atoms with van der Waals surface area (Å²) in [6.45, 7) is 14.0. The van der Waals surface area contributed by atoms with Crippen molar-refractivity contribution in [2.45, 2.75) is 54.1 Å². The maximum atomic E-state index is 4.61. The maximum Gasteiger partial charge on any atom is 0.0767 e. The van der Waals surface area contributed by atoms with Crippen LogP contribution in [0.2, 0.25) is 0 Å². The highest BCUT2D eigenvalue weighted by Crippen LogP contribution is 2.22. The lowest BCUT2D eigenvalue weighted by Crippen LogP contribution is -2.25. The van der Waals surface area contributed by atoms with Gasteiger partial charge in [-0.05, 0) is 47.7 Å². The normalized spacial score (nSPS) is 13.3. The Morgan fingerprint density at radius 3 is 2.44 bits per heavy atom. The van der Waals surface area contributed by atoms with Gasteiger partial charge in [0.15, 0.2) is 0 Å². The SMILES string of the molecule is CCc1nn(CC)c(CNCC(C)C(C)C)c1Br. The maximum absolute atomic E-state index is 4.61. The van der Waals surface area contributed by atoms with E-state index in [1.807, 2.05) is 0 Å². The molecule has 0 saturated heterocycles. The Balaban J connectivity index is 2.64. The average molecular weight is 316 g/mol. The Morgan fingerprint density at radius 2 is 1.94 bits per heavy atom. The van der Waals surface area contributed by atoms with Crippen molar-refractivity contribution < 1.29 is 0 Å². The number of rotatable bonds is 7. The van der Waals surface area contributed by atoms with Crippen LogP contribution in [-0.2, 0) is 19.5 Å². The molecule has 0 aromatic carbocycles. The minimum Gasteiger partial charge on any atom is -0.311 e. The number of halogens is 1. The molecular formula is C14H26BrN3. The van der Waals surface area contributed by atoms with E-state index in [9.17, 15) is 0 Å². The van der Waals surface area contributed by atoms with E-state index in [4.69, 9.17) is 0 Å². The number of aryl methyl sites for hydroxylation is 2. The third-order valence-electron chi connectivity index (χ3n) is 3.59. The molecule has 0 aliphatic carbocycles.